The first-order valence-corrected chi connectivity index (χ1v) is 7.97. The molecule has 1 heterocycles. The quantitative estimate of drug-likeness (QED) is 0.732. The molecule has 0 saturated carbocycles. The summed E-state index contributed by atoms with van der Waals surface area (Å²) in [5, 5.41) is 2.88. The average Bonchev–Trinajstić information content (AvgIpc) is 2.28. The summed E-state index contributed by atoms with van der Waals surface area (Å²) in [7, 11) is -2.95. The fourth-order valence-electron chi connectivity index (χ4n) is 1.53. The highest BCUT2D eigenvalue weighted by Gasteiger charge is 2.05. The maximum atomic E-state index is 11.9. The zero-order chi connectivity index (χ0) is 13.6. The summed E-state index contributed by atoms with van der Waals surface area (Å²) in [5.41, 5.74) is -0.168. The van der Waals surface area contributed by atoms with E-state index in [2.05, 4.69) is 10.3 Å². The zero-order valence-electron chi connectivity index (χ0n) is 10.7. The summed E-state index contributed by atoms with van der Waals surface area (Å²) >= 11 is 0. The molecule has 7 heteroatoms. The van der Waals surface area contributed by atoms with Gasteiger partial charge >= 0.3 is 0 Å². The van der Waals surface area contributed by atoms with Gasteiger partial charge in [0.15, 0.2) is 5.82 Å². The van der Waals surface area contributed by atoms with E-state index in [1.807, 2.05) is 6.92 Å². The van der Waals surface area contributed by atoms with Gasteiger partial charge in [0.1, 0.15) is 9.84 Å². The van der Waals surface area contributed by atoms with Crippen molar-refractivity contribution >= 4 is 15.7 Å². The predicted molar refractivity (Wildman–Crippen MR) is 71.6 cm³/mol. The van der Waals surface area contributed by atoms with E-state index in [0.29, 0.717) is 19.5 Å². The van der Waals surface area contributed by atoms with Crippen LogP contribution in [0.1, 0.15) is 19.8 Å². The summed E-state index contributed by atoms with van der Waals surface area (Å²) in [5.74, 6) is 0.384. The van der Waals surface area contributed by atoms with Crippen LogP contribution in [-0.4, -0.2) is 36.5 Å². The molecule has 0 unspecified atom stereocenters. The first-order valence-electron chi connectivity index (χ1n) is 5.91. The highest BCUT2D eigenvalue weighted by molar-refractivity contribution is 7.90. The molecule has 1 aromatic heterocycles. The number of rotatable bonds is 7. The van der Waals surface area contributed by atoms with E-state index in [9.17, 15) is 13.2 Å². The molecule has 0 aliphatic heterocycles. The Balaban J connectivity index is 2.58. The minimum atomic E-state index is -2.95. The maximum absolute atomic E-state index is 11.9. The average molecular weight is 273 g/mol. The Morgan fingerprint density at radius 2 is 2.17 bits per heavy atom. The first kappa shape index (κ1) is 14.7. The monoisotopic (exact) mass is 273 g/mol. The summed E-state index contributed by atoms with van der Waals surface area (Å²) in [6.45, 7) is 3.07. The molecule has 1 N–H and O–H groups in total. The number of aromatic nitrogens is 2. The molecular formula is C11H19N3O3S. The minimum Gasteiger partial charge on any atom is -0.365 e. The van der Waals surface area contributed by atoms with Gasteiger partial charge in [0, 0.05) is 31.7 Å². The van der Waals surface area contributed by atoms with Gasteiger partial charge in [-0.05, 0) is 12.8 Å². The molecule has 0 atom stereocenters. The molecule has 0 fully saturated rings. The Labute approximate surface area is 107 Å². The molecule has 1 rings (SSSR count). The second-order valence-corrected chi connectivity index (χ2v) is 6.44. The van der Waals surface area contributed by atoms with Crippen molar-refractivity contribution in [3.8, 4) is 0 Å². The smallest absolute Gasteiger partial charge is 0.293 e. The van der Waals surface area contributed by atoms with E-state index in [1.165, 1.54) is 6.26 Å². The van der Waals surface area contributed by atoms with E-state index >= 15 is 0 Å². The van der Waals surface area contributed by atoms with Crippen LogP contribution < -0.4 is 10.9 Å². The van der Waals surface area contributed by atoms with Crippen molar-refractivity contribution in [2.75, 3.05) is 23.9 Å². The van der Waals surface area contributed by atoms with Crippen molar-refractivity contribution in [1.82, 2.24) is 9.55 Å². The Morgan fingerprint density at radius 3 is 2.78 bits per heavy atom. The van der Waals surface area contributed by atoms with Crippen molar-refractivity contribution < 1.29 is 8.42 Å². The van der Waals surface area contributed by atoms with Gasteiger partial charge in [0.2, 0.25) is 0 Å². The normalized spacial score (nSPS) is 11.4. The first-order chi connectivity index (χ1) is 8.44. The molecule has 18 heavy (non-hydrogen) atoms. The van der Waals surface area contributed by atoms with Gasteiger partial charge in [-0.15, -0.1) is 0 Å². The Kier molecular flexibility index (Phi) is 5.33. The highest BCUT2D eigenvalue weighted by atomic mass is 32.2. The standard InChI is InChI=1S/C11H19N3O3S/c1-3-7-14-8-6-13-10(11(14)15)12-5-4-9-18(2,16)17/h6,8H,3-5,7,9H2,1-2H3,(H,12,13). The van der Waals surface area contributed by atoms with Gasteiger partial charge in [-0.3, -0.25) is 4.79 Å². The van der Waals surface area contributed by atoms with Crippen LogP contribution in [-0.2, 0) is 16.4 Å². The number of nitrogens with zero attached hydrogens (tertiary/aromatic N) is 2. The third-order valence-corrected chi connectivity index (χ3v) is 3.39. The lowest BCUT2D eigenvalue weighted by Gasteiger charge is -2.07. The van der Waals surface area contributed by atoms with Crippen LogP contribution in [0.2, 0.25) is 0 Å². The maximum Gasteiger partial charge on any atom is 0.293 e. The fraction of sp³-hybridized carbons (Fsp3) is 0.636. The molecule has 0 saturated heterocycles. The van der Waals surface area contributed by atoms with E-state index in [4.69, 9.17) is 0 Å². The van der Waals surface area contributed by atoms with Crippen molar-refractivity contribution in [2.24, 2.45) is 0 Å². The predicted octanol–water partition coefficient (Wildman–Crippen LogP) is 0.500. The Hall–Kier alpha value is -1.37. The third kappa shape index (κ3) is 4.87. The van der Waals surface area contributed by atoms with Gasteiger partial charge in [-0.1, -0.05) is 6.92 Å². The van der Waals surface area contributed by atoms with Crippen LogP contribution in [0.5, 0.6) is 0 Å². The molecule has 0 aliphatic carbocycles. The number of sulfone groups is 1. The Morgan fingerprint density at radius 1 is 1.44 bits per heavy atom. The largest absolute Gasteiger partial charge is 0.365 e. The van der Waals surface area contributed by atoms with Crippen LogP contribution in [0, 0.1) is 0 Å². The SMILES string of the molecule is CCCn1ccnc(NCCCS(C)(=O)=O)c1=O. The number of nitrogens with one attached hydrogen (secondary N) is 1. The van der Waals surface area contributed by atoms with Crippen molar-refractivity contribution in [2.45, 2.75) is 26.3 Å². The van der Waals surface area contributed by atoms with Crippen molar-refractivity contribution in [3.05, 3.63) is 22.7 Å². The number of anilines is 1. The lowest BCUT2D eigenvalue weighted by Crippen LogP contribution is -2.25. The molecule has 1 aromatic rings. The second kappa shape index (κ2) is 6.53. The van der Waals surface area contributed by atoms with Gasteiger partial charge in [0.25, 0.3) is 5.56 Å². The van der Waals surface area contributed by atoms with E-state index < -0.39 is 9.84 Å². The van der Waals surface area contributed by atoms with Crippen LogP contribution >= 0.6 is 0 Å². The Bertz CT molecular complexity index is 537. The molecule has 6 nitrogen and oxygen atoms in total. The minimum absolute atomic E-state index is 0.107. The van der Waals surface area contributed by atoms with Gasteiger partial charge in [-0.2, -0.15) is 0 Å². The van der Waals surface area contributed by atoms with Crippen molar-refractivity contribution in [3.63, 3.8) is 0 Å². The molecule has 0 bridgehead atoms. The van der Waals surface area contributed by atoms with E-state index in [0.717, 1.165) is 6.42 Å². The molecule has 0 aliphatic rings. The lowest BCUT2D eigenvalue weighted by atomic mass is 10.4. The zero-order valence-corrected chi connectivity index (χ0v) is 11.5. The van der Waals surface area contributed by atoms with Gasteiger partial charge < -0.3 is 9.88 Å². The number of hydrogen-bond donors (Lipinski definition) is 1. The van der Waals surface area contributed by atoms with Gasteiger partial charge in [0.05, 0.1) is 5.75 Å². The number of hydrogen-bond acceptors (Lipinski definition) is 5. The molecule has 0 spiro atoms. The second-order valence-electron chi connectivity index (χ2n) is 4.18. The summed E-state index contributed by atoms with van der Waals surface area (Å²) in [6.07, 6.45) is 5.74. The molecule has 0 radical (unpaired) electrons. The molecular weight excluding hydrogens is 254 g/mol. The van der Waals surface area contributed by atoms with E-state index in [-0.39, 0.29) is 17.1 Å². The van der Waals surface area contributed by atoms with Gasteiger partial charge in [-0.25, -0.2) is 13.4 Å². The topological polar surface area (TPSA) is 81.1 Å². The molecule has 0 aromatic carbocycles. The number of aryl methyl sites for hydroxylation is 1. The summed E-state index contributed by atoms with van der Waals surface area (Å²) in [6, 6.07) is 0. The lowest BCUT2D eigenvalue weighted by molar-refractivity contribution is 0.600. The van der Waals surface area contributed by atoms with Crippen LogP contribution in [0.4, 0.5) is 5.82 Å². The summed E-state index contributed by atoms with van der Waals surface area (Å²) in [4.78, 5) is 15.8. The fourth-order valence-corrected chi connectivity index (χ4v) is 2.20. The van der Waals surface area contributed by atoms with Crippen molar-refractivity contribution in [1.29, 1.82) is 0 Å². The highest BCUT2D eigenvalue weighted by Crippen LogP contribution is 1.96. The molecule has 0 amide bonds. The molecule has 102 valence electrons. The third-order valence-electron chi connectivity index (χ3n) is 2.36. The summed E-state index contributed by atoms with van der Waals surface area (Å²) < 4.78 is 23.5. The van der Waals surface area contributed by atoms with E-state index in [1.54, 1.807) is 17.0 Å². The van der Waals surface area contributed by atoms with Crippen LogP contribution in [0.25, 0.3) is 0 Å². The van der Waals surface area contributed by atoms with Crippen LogP contribution in [0.3, 0.4) is 0 Å². The van der Waals surface area contributed by atoms with Crippen LogP contribution in [0.15, 0.2) is 17.2 Å².